The number of hydrogen-bond acceptors (Lipinski definition) is 4. The number of fused-ring (bicyclic) bond motifs is 1. The third kappa shape index (κ3) is 2.93. The first-order chi connectivity index (χ1) is 10.0. The van der Waals surface area contributed by atoms with E-state index in [1.165, 1.54) is 16.7 Å². The summed E-state index contributed by atoms with van der Waals surface area (Å²) in [6.45, 7) is 8.30. The van der Waals surface area contributed by atoms with Crippen molar-refractivity contribution in [1.82, 2.24) is 19.6 Å². The van der Waals surface area contributed by atoms with Gasteiger partial charge in [-0.25, -0.2) is 4.98 Å². The van der Waals surface area contributed by atoms with Gasteiger partial charge in [-0.2, -0.15) is 0 Å². The van der Waals surface area contributed by atoms with Gasteiger partial charge in [0.05, 0.1) is 0 Å². The van der Waals surface area contributed by atoms with Crippen LogP contribution < -0.4 is 0 Å². The summed E-state index contributed by atoms with van der Waals surface area (Å²) in [6.07, 6.45) is 0. The monoisotopic (exact) mass is 298 g/mol. The van der Waals surface area contributed by atoms with E-state index in [-0.39, 0.29) is 0 Å². The summed E-state index contributed by atoms with van der Waals surface area (Å²) in [4.78, 5) is 4.42. The molecule has 0 saturated carbocycles. The van der Waals surface area contributed by atoms with E-state index in [9.17, 15) is 0 Å². The van der Waals surface area contributed by atoms with Gasteiger partial charge < -0.3 is 0 Å². The average molecular weight is 298 g/mol. The second-order valence-electron chi connectivity index (χ2n) is 5.44. The van der Waals surface area contributed by atoms with Crippen molar-refractivity contribution < 1.29 is 0 Å². The van der Waals surface area contributed by atoms with Gasteiger partial charge in [0.1, 0.15) is 0 Å². The first kappa shape index (κ1) is 14.1. The van der Waals surface area contributed by atoms with Crippen LogP contribution in [0.25, 0.3) is 5.78 Å². The number of rotatable bonds is 3. The Balaban J connectivity index is 1.88. The Hall–Kier alpha value is -1.88. The predicted molar refractivity (Wildman–Crippen MR) is 85.7 cm³/mol. The molecule has 0 N–H and O–H groups in total. The highest BCUT2D eigenvalue weighted by molar-refractivity contribution is 7.98. The third-order valence-corrected chi connectivity index (χ3v) is 4.31. The molecule has 2 aromatic heterocycles. The Morgan fingerprint density at radius 3 is 2.38 bits per heavy atom. The van der Waals surface area contributed by atoms with Crippen molar-refractivity contribution in [3.05, 3.63) is 52.3 Å². The molecule has 0 spiro atoms. The Morgan fingerprint density at radius 2 is 1.67 bits per heavy atom. The topological polar surface area (TPSA) is 43.1 Å². The zero-order chi connectivity index (χ0) is 15.0. The summed E-state index contributed by atoms with van der Waals surface area (Å²) in [5.74, 6) is 1.56. The number of benzene rings is 1. The van der Waals surface area contributed by atoms with Gasteiger partial charge >= 0.3 is 0 Å². The molecule has 4 nitrogen and oxygen atoms in total. The molecular weight excluding hydrogens is 280 g/mol. The summed E-state index contributed by atoms with van der Waals surface area (Å²) in [6, 6.07) is 8.69. The van der Waals surface area contributed by atoms with Crippen LogP contribution in [-0.2, 0) is 5.75 Å². The molecule has 0 aliphatic rings. The molecule has 1 aromatic carbocycles. The smallest absolute Gasteiger partial charge is 0.256 e. The van der Waals surface area contributed by atoms with Crippen LogP contribution in [0.4, 0.5) is 0 Å². The lowest BCUT2D eigenvalue weighted by Crippen LogP contribution is -1.97. The van der Waals surface area contributed by atoms with Crippen molar-refractivity contribution in [2.75, 3.05) is 0 Å². The third-order valence-electron chi connectivity index (χ3n) is 3.31. The molecule has 0 saturated heterocycles. The summed E-state index contributed by atoms with van der Waals surface area (Å²) in [7, 11) is 0. The van der Waals surface area contributed by atoms with Gasteiger partial charge in [0, 0.05) is 17.1 Å². The van der Waals surface area contributed by atoms with Crippen molar-refractivity contribution in [1.29, 1.82) is 0 Å². The highest BCUT2D eigenvalue weighted by Crippen LogP contribution is 2.23. The minimum absolute atomic E-state index is 0.676. The lowest BCUT2D eigenvalue weighted by Gasteiger charge is -2.06. The van der Waals surface area contributed by atoms with Gasteiger partial charge in [-0.15, -0.1) is 10.2 Å². The maximum atomic E-state index is 4.42. The first-order valence-electron chi connectivity index (χ1n) is 6.92. The summed E-state index contributed by atoms with van der Waals surface area (Å²) in [5, 5.41) is 9.34. The van der Waals surface area contributed by atoms with E-state index in [0.29, 0.717) is 5.78 Å². The molecule has 0 bridgehead atoms. The van der Waals surface area contributed by atoms with Crippen molar-refractivity contribution in [2.45, 2.75) is 38.6 Å². The van der Waals surface area contributed by atoms with Crippen LogP contribution in [-0.4, -0.2) is 19.6 Å². The molecular formula is C16H18N4S. The normalized spacial score (nSPS) is 11.2. The van der Waals surface area contributed by atoms with Gasteiger partial charge in [0.15, 0.2) is 5.16 Å². The van der Waals surface area contributed by atoms with E-state index in [1.807, 2.05) is 11.3 Å². The van der Waals surface area contributed by atoms with Gasteiger partial charge in [0.2, 0.25) is 0 Å². The first-order valence-corrected chi connectivity index (χ1v) is 7.91. The molecule has 3 aromatic rings. The number of thioether (sulfide) groups is 1. The molecule has 0 amide bonds. The molecule has 0 aliphatic carbocycles. The van der Waals surface area contributed by atoms with Crippen molar-refractivity contribution in [2.24, 2.45) is 0 Å². The van der Waals surface area contributed by atoms with Crippen molar-refractivity contribution >= 4 is 17.5 Å². The minimum atomic E-state index is 0.676. The van der Waals surface area contributed by atoms with Crippen LogP contribution in [0.15, 0.2) is 29.4 Å². The van der Waals surface area contributed by atoms with Crippen LogP contribution >= 0.6 is 11.8 Å². The van der Waals surface area contributed by atoms with Gasteiger partial charge in [-0.3, -0.25) is 4.40 Å². The summed E-state index contributed by atoms with van der Waals surface area (Å²) < 4.78 is 2.01. The van der Waals surface area contributed by atoms with Crippen molar-refractivity contribution in [3.8, 4) is 0 Å². The minimum Gasteiger partial charge on any atom is -0.259 e. The maximum absolute atomic E-state index is 4.42. The number of aryl methyl sites for hydroxylation is 4. The van der Waals surface area contributed by atoms with E-state index >= 15 is 0 Å². The Labute approximate surface area is 128 Å². The van der Waals surface area contributed by atoms with Crippen LogP contribution in [0, 0.1) is 27.7 Å². The van der Waals surface area contributed by atoms with E-state index in [1.54, 1.807) is 11.8 Å². The largest absolute Gasteiger partial charge is 0.259 e. The summed E-state index contributed by atoms with van der Waals surface area (Å²) >= 11 is 1.70. The highest BCUT2D eigenvalue weighted by Gasteiger charge is 2.10. The maximum Gasteiger partial charge on any atom is 0.256 e. The fraction of sp³-hybridized carbons (Fsp3) is 0.312. The highest BCUT2D eigenvalue weighted by atomic mass is 32.2. The van der Waals surface area contributed by atoms with Gasteiger partial charge in [0.25, 0.3) is 5.78 Å². The predicted octanol–water partition coefficient (Wildman–Crippen LogP) is 3.65. The van der Waals surface area contributed by atoms with Gasteiger partial charge in [-0.05, 0) is 39.3 Å². The standard InChI is InChI=1S/C16H18N4S/c1-10-5-11(2)7-14(6-10)9-21-16-19-18-15-17-12(3)8-13(4)20(15)16/h5-8H,9H2,1-4H3. The quantitative estimate of drug-likeness (QED) is 0.692. The molecule has 0 radical (unpaired) electrons. The zero-order valence-electron chi connectivity index (χ0n) is 12.7. The molecule has 3 rings (SSSR count). The second-order valence-corrected chi connectivity index (χ2v) is 6.38. The number of nitrogens with zero attached hydrogens (tertiary/aromatic N) is 4. The van der Waals surface area contributed by atoms with E-state index < -0.39 is 0 Å². The van der Waals surface area contributed by atoms with Crippen molar-refractivity contribution in [3.63, 3.8) is 0 Å². The van der Waals surface area contributed by atoms with Gasteiger partial charge in [-0.1, -0.05) is 41.1 Å². The Kier molecular flexibility index (Phi) is 3.68. The number of aromatic nitrogens is 4. The molecule has 0 atom stereocenters. The van der Waals surface area contributed by atoms with E-state index in [4.69, 9.17) is 0 Å². The molecule has 0 fully saturated rings. The number of hydrogen-bond donors (Lipinski definition) is 0. The van der Waals surface area contributed by atoms with Crippen LogP contribution in [0.1, 0.15) is 28.1 Å². The fourth-order valence-corrected chi connectivity index (χ4v) is 3.51. The lowest BCUT2D eigenvalue weighted by molar-refractivity contribution is 0.886. The Morgan fingerprint density at radius 1 is 0.952 bits per heavy atom. The molecule has 5 heteroatoms. The second kappa shape index (κ2) is 5.48. The van der Waals surface area contributed by atoms with Crippen LogP contribution in [0.2, 0.25) is 0 Å². The molecule has 2 heterocycles. The zero-order valence-corrected chi connectivity index (χ0v) is 13.5. The molecule has 0 aliphatic heterocycles. The lowest BCUT2D eigenvalue weighted by atomic mass is 10.1. The van der Waals surface area contributed by atoms with E-state index in [2.05, 4.69) is 60.2 Å². The Bertz CT molecular complexity index is 787. The molecule has 21 heavy (non-hydrogen) atoms. The van der Waals surface area contributed by atoms with Crippen LogP contribution in [0.3, 0.4) is 0 Å². The summed E-state index contributed by atoms with van der Waals surface area (Å²) in [5.41, 5.74) is 5.99. The average Bonchev–Trinajstić information content (AvgIpc) is 2.78. The molecule has 108 valence electrons. The SMILES string of the molecule is Cc1cc(C)cc(CSc2nnc3nc(C)cc(C)n23)c1. The van der Waals surface area contributed by atoms with Crippen LogP contribution in [0.5, 0.6) is 0 Å². The van der Waals surface area contributed by atoms with E-state index in [0.717, 1.165) is 22.3 Å². The molecule has 0 unspecified atom stereocenters. The fourth-order valence-electron chi connectivity index (χ4n) is 2.59.